The fraction of sp³-hybridized carbons (Fsp3) is 0.0714. The third-order valence-corrected chi connectivity index (χ3v) is 2.60. The quantitative estimate of drug-likeness (QED) is 0.386. The highest BCUT2D eigenvalue weighted by molar-refractivity contribution is 5.97. The number of halogens is 1. The first-order chi connectivity index (χ1) is 9.10. The molecule has 0 aliphatic heterocycles. The van der Waals surface area contributed by atoms with Crippen molar-refractivity contribution < 1.29 is 14.3 Å². The van der Waals surface area contributed by atoms with Crippen molar-refractivity contribution in [3.63, 3.8) is 0 Å². The molecule has 0 aromatic heterocycles. The lowest BCUT2D eigenvalue weighted by molar-refractivity contribution is 0.318. The van der Waals surface area contributed by atoms with Crippen molar-refractivity contribution in [1.29, 1.82) is 0 Å². The van der Waals surface area contributed by atoms with E-state index in [0.29, 0.717) is 17.1 Å². The second-order valence-corrected chi connectivity index (χ2v) is 4.02. The number of oxime groups is 1. The highest BCUT2D eigenvalue weighted by Gasteiger charge is 2.06. The summed E-state index contributed by atoms with van der Waals surface area (Å²) in [6.07, 6.45) is 0. The minimum Gasteiger partial charge on any atom is -0.457 e. The molecule has 0 amide bonds. The predicted octanol–water partition coefficient (Wildman–Crippen LogP) is 3.02. The molecule has 19 heavy (non-hydrogen) atoms. The Morgan fingerprint density at radius 1 is 1.26 bits per heavy atom. The predicted molar refractivity (Wildman–Crippen MR) is 70.2 cm³/mol. The maximum Gasteiger partial charge on any atom is 0.170 e. The largest absolute Gasteiger partial charge is 0.457 e. The first kappa shape index (κ1) is 12.9. The Balaban J connectivity index is 2.27. The van der Waals surface area contributed by atoms with Crippen LogP contribution in [0.5, 0.6) is 11.5 Å². The second-order valence-electron chi connectivity index (χ2n) is 4.02. The lowest BCUT2D eigenvalue weighted by Crippen LogP contribution is -2.13. The summed E-state index contributed by atoms with van der Waals surface area (Å²) in [7, 11) is 0. The fourth-order valence-electron chi connectivity index (χ4n) is 1.64. The van der Waals surface area contributed by atoms with E-state index in [1.165, 1.54) is 12.1 Å². The molecule has 0 bridgehead atoms. The average molecular weight is 260 g/mol. The molecule has 3 N–H and O–H groups in total. The first-order valence-corrected chi connectivity index (χ1v) is 5.62. The molecule has 2 rings (SSSR count). The molecule has 0 saturated carbocycles. The van der Waals surface area contributed by atoms with Crippen molar-refractivity contribution in [2.45, 2.75) is 6.92 Å². The van der Waals surface area contributed by atoms with Crippen molar-refractivity contribution in [3.8, 4) is 11.5 Å². The maximum atomic E-state index is 13.0. The Morgan fingerprint density at radius 2 is 2.05 bits per heavy atom. The van der Waals surface area contributed by atoms with Crippen LogP contribution >= 0.6 is 0 Å². The Hall–Kier alpha value is -2.56. The number of hydrogen-bond acceptors (Lipinski definition) is 3. The Labute approximate surface area is 109 Å². The molecule has 0 aliphatic rings. The normalized spacial score (nSPS) is 11.4. The van der Waals surface area contributed by atoms with Gasteiger partial charge in [0, 0.05) is 11.6 Å². The van der Waals surface area contributed by atoms with Crippen molar-refractivity contribution in [3.05, 3.63) is 59.4 Å². The van der Waals surface area contributed by atoms with Crippen LogP contribution in [0.3, 0.4) is 0 Å². The van der Waals surface area contributed by atoms with E-state index in [9.17, 15) is 4.39 Å². The number of nitrogens with zero attached hydrogens (tertiary/aromatic N) is 1. The zero-order valence-corrected chi connectivity index (χ0v) is 10.3. The van der Waals surface area contributed by atoms with Gasteiger partial charge >= 0.3 is 0 Å². The number of benzene rings is 2. The molecule has 0 atom stereocenters. The Bertz CT molecular complexity index is 627. The fourth-order valence-corrected chi connectivity index (χ4v) is 1.64. The summed E-state index contributed by atoms with van der Waals surface area (Å²) in [5.41, 5.74) is 6.88. The van der Waals surface area contributed by atoms with Crippen LogP contribution in [-0.2, 0) is 0 Å². The lowest BCUT2D eigenvalue weighted by atomic mass is 10.1. The first-order valence-electron chi connectivity index (χ1n) is 5.62. The van der Waals surface area contributed by atoms with Gasteiger partial charge in [0.25, 0.3) is 0 Å². The van der Waals surface area contributed by atoms with Crippen LogP contribution in [0, 0.1) is 12.7 Å². The average Bonchev–Trinajstić information content (AvgIpc) is 2.40. The molecule has 0 radical (unpaired) electrons. The van der Waals surface area contributed by atoms with Crippen LogP contribution in [0.15, 0.2) is 47.6 Å². The number of hydrogen-bond donors (Lipinski definition) is 2. The van der Waals surface area contributed by atoms with E-state index in [0.717, 1.165) is 5.56 Å². The van der Waals surface area contributed by atoms with Gasteiger partial charge in [0.1, 0.15) is 17.3 Å². The van der Waals surface area contributed by atoms with Gasteiger partial charge < -0.3 is 15.7 Å². The van der Waals surface area contributed by atoms with E-state index in [4.69, 9.17) is 15.7 Å². The molecule has 0 unspecified atom stereocenters. The van der Waals surface area contributed by atoms with Gasteiger partial charge in [-0.15, -0.1) is 0 Å². The van der Waals surface area contributed by atoms with E-state index < -0.39 is 0 Å². The highest BCUT2D eigenvalue weighted by Crippen LogP contribution is 2.26. The van der Waals surface area contributed by atoms with Gasteiger partial charge in [-0.25, -0.2) is 4.39 Å². The van der Waals surface area contributed by atoms with Crippen LogP contribution in [-0.4, -0.2) is 11.0 Å². The van der Waals surface area contributed by atoms with Crippen LogP contribution < -0.4 is 10.5 Å². The zero-order chi connectivity index (χ0) is 13.8. The molecule has 0 fully saturated rings. The summed E-state index contributed by atoms with van der Waals surface area (Å²) in [5, 5.41) is 11.5. The van der Waals surface area contributed by atoms with E-state index in [1.807, 2.05) is 6.92 Å². The van der Waals surface area contributed by atoms with Gasteiger partial charge in [0.05, 0.1) is 0 Å². The highest BCUT2D eigenvalue weighted by atomic mass is 19.1. The number of aryl methyl sites for hydroxylation is 1. The molecule has 0 aliphatic carbocycles. The van der Waals surface area contributed by atoms with Crippen LogP contribution in [0.1, 0.15) is 11.1 Å². The topological polar surface area (TPSA) is 67.8 Å². The summed E-state index contributed by atoms with van der Waals surface area (Å²) >= 11 is 0. The summed E-state index contributed by atoms with van der Waals surface area (Å²) in [5.74, 6) is 0.670. The van der Waals surface area contributed by atoms with E-state index in [-0.39, 0.29) is 11.7 Å². The van der Waals surface area contributed by atoms with Gasteiger partial charge in [-0.3, -0.25) is 0 Å². The van der Waals surface area contributed by atoms with Crippen molar-refractivity contribution >= 4 is 5.84 Å². The van der Waals surface area contributed by atoms with Crippen molar-refractivity contribution in [2.75, 3.05) is 0 Å². The second kappa shape index (κ2) is 5.39. The third-order valence-electron chi connectivity index (χ3n) is 2.60. The van der Waals surface area contributed by atoms with Gasteiger partial charge in [-0.05, 0) is 42.8 Å². The van der Waals surface area contributed by atoms with Crippen molar-refractivity contribution in [2.24, 2.45) is 10.9 Å². The van der Waals surface area contributed by atoms with Gasteiger partial charge in [-0.1, -0.05) is 11.2 Å². The molecule has 2 aromatic carbocycles. The van der Waals surface area contributed by atoms with E-state index >= 15 is 0 Å². The molecular formula is C14H13FN2O2. The molecular weight excluding hydrogens is 247 g/mol. The smallest absolute Gasteiger partial charge is 0.170 e. The third kappa shape index (κ3) is 3.01. The van der Waals surface area contributed by atoms with Crippen LogP contribution in [0.4, 0.5) is 4.39 Å². The summed E-state index contributed by atoms with van der Waals surface area (Å²) < 4.78 is 18.6. The summed E-state index contributed by atoms with van der Waals surface area (Å²) in [4.78, 5) is 0. The van der Waals surface area contributed by atoms with Gasteiger partial charge in [0.15, 0.2) is 5.84 Å². The monoisotopic (exact) mass is 260 g/mol. The lowest BCUT2D eigenvalue weighted by Gasteiger charge is -2.10. The van der Waals surface area contributed by atoms with E-state index in [1.54, 1.807) is 30.3 Å². The summed E-state index contributed by atoms with van der Waals surface area (Å²) in [6, 6.07) is 11.0. The Kier molecular flexibility index (Phi) is 3.66. The molecule has 0 heterocycles. The van der Waals surface area contributed by atoms with Crippen LogP contribution in [0.25, 0.3) is 0 Å². The molecule has 98 valence electrons. The Morgan fingerprint density at radius 3 is 2.68 bits per heavy atom. The minimum atomic E-state index is -0.358. The van der Waals surface area contributed by atoms with Gasteiger partial charge in [-0.2, -0.15) is 0 Å². The number of rotatable bonds is 3. The SMILES string of the molecule is Cc1cc(/C(N)=N/O)ccc1Oc1cccc(F)c1. The molecule has 0 saturated heterocycles. The summed E-state index contributed by atoms with van der Waals surface area (Å²) in [6.45, 7) is 1.82. The maximum absolute atomic E-state index is 13.0. The number of ether oxygens (including phenoxy) is 1. The number of amidine groups is 1. The van der Waals surface area contributed by atoms with Gasteiger partial charge in [0.2, 0.25) is 0 Å². The standard InChI is InChI=1S/C14H13FN2O2/c1-9-7-10(14(16)17-18)5-6-13(9)19-12-4-2-3-11(15)8-12/h2-8,18H,1H3,(H2,16,17). The number of nitrogens with two attached hydrogens (primary N) is 1. The zero-order valence-electron chi connectivity index (χ0n) is 10.3. The minimum absolute atomic E-state index is 0.0282. The molecule has 5 heteroatoms. The van der Waals surface area contributed by atoms with E-state index in [2.05, 4.69) is 5.16 Å². The molecule has 0 spiro atoms. The molecule has 2 aromatic rings. The van der Waals surface area contributed by atoms with Crippen molar-refractivity contribution in [1.82, 2.24) is 0 Å². The van der Waals surface area contributed by atoms with Crippen LogP contribution in [0.2, 0.25) is 0 Å². The molecule has 4 nitrogen and oxygen atoms in total.